The summed E-state index contributed by atoms with van der Waals surface area (Å²) in [5.41, 5.74) is 4.18. The number of benzene rings is 3. The van der Waals surface area contributed by atoms with Gasteiger partial charge in [-0.1, -0.05) is 81.4 Å². The molecule has 1 aliphatic heterocycles. The Bertz CT molecular complexity index is 1160. The minimum absolute atomic E-state index is 0.0114. The van der Waals surface area contributed by atoms with Gasteiger partial charge in [0.2, 0.25) is 0 Å². The maximum atomic E-state index is 13.8. The first kappa shape index (κ1) is 21.6. The van der Waals surface area contributed by atoms with Gasteiger partial charge in [0, 0.05) is 12.2 Å². The molecule has 0 spiro atoms. The number of amides is 2. The topological polar surface area (TPSA) is 40.6 Å². The zero-order valence-corrected chi connectivity index (χ0v) is 19.0. The fourth-order valence-electron chi connectivity index (χ4n) is 4.06. The van der Waals surface area contributed by atoms with E-state index >= 15 is 0 Å². The van der Waals surface area contributed by atoms with Crippen molar-refractivity contribution in [3.63, 3.8) is 0 Å². The van der Waals surface area contributed by atoms with Crippen molar-refractivity contribution < 1.29 is 9.59 Å². The van der Waals surface area contributed by atoms with Crippen LogP contribution in [0.3, 0.4) is 0 Å². The summed E-state index contributed by atoms with van der Waals surface area (Å²) in [7, 11) is 0. The Hall–Kier alpha value is -3.66. The lowest BCUT2D eigenvalue weighted by Crippen LogP contribution is -2.35. The van der Waals surface area contributed by atoms with Gasteiger partial charge in [-0.2, -0.15) is 0 Å². The average molecular weight is 425 g/mol. The Morgan fingerprint density at radius 3 is 1.84 bits per heavy atom. The molecule has 1 heterocycles. The number of carbonyl (C=O) groups is 2. The number of hydrogen-bond donors (Lipinski definition) is 0. The van der Waals surface area contributed by atoms with E-state index in [2.05, 4.69) is 20.8 Å². The van der Waals surface area contributed by atoms with Crippen LogP contribution in [0.2, 0.25) is 0 Å². The van der Waals surface area contributed by atoms with Gasteiger partial charge in [-0.05, 0) is 47.7 Å². The van der Waals surface area contributed by atoms with E-state index in [-0.39, 0.29) is 17.2 Å². The summed E-state index contributed by atoms with van der Waals surface area (Å²) in [5, 5.41) is 0. The summed E-state index contributed by atoms with van der Waals surface area (Å²) in [5.74, 6) is -0.600. The van der Waals surface area contributed by atoms with Crippen molar-refractivity contribution in [1.29, 1.82) is 0 Å². The molecule has 3 aromatic rings. The van der Waals surface area contributed by atoms with E-state index in [1.54, 1.807) is 0 Å². The van der Waals surface area contributed by atoms with Gasteiger partial charge in [0.05, 0.1) is 11.3 Å². The van der Waals surface area contributed by atoms with Gasteiger partial charge in [0.25, 0.3) is 11.8 Å². The first-order valence-electron chi connectivity index (χ1n) is 10.9. The van der Waals surface area contributed by atoms with Crippen molar-refractivity contribution in [2.45, 2.75) is 33.1 Å². The summed E-state index contributed by atoms with van der Waals surface area (Å²) >= 11 is 0. The van der Waals surface area contributed by atoms with Gasteiger partial charge >= 0.3 is 0 Å². The average Bonchev–Trinajstić information content (AvgIpc) is 3.05. The van der Waals surface area contributed by atoms with Crippen molar-refractivity contribution in [3.05, 3.63) is 102 Å². The number of carbonyl (C=O) groups excluding carboxylic acids is 2. The molecule has 0 unspecified atom stereocenters. The van der Waals surface area contributed by atoms with Crippen molar-refractivity contribution in [3.8, 4) is 0 Å². The molecular weight excluding hydrogens is 396 g/mol. The number of anilines is 2. The summed E-state index contributed by atoms with van der Waals surface area (Å²) in [4.78, 5) is 30.7. The first-order valence-corrected chi connectivity index (χ1v) is 10.9. The molecule has 4 heteroatoms. The smallest absolute Gasteiger partial charge is 0.282 e. The third-order valence-electron chi connectivity index (χ3n) is 5.77. The van der Waals surface area contributed by atoms with Crippen molar-refractivity contribution in [1.82, 2.24) is 0 Å². The predicted octanol–water partition coefficient (Wildman–Crippen LogP) is 5.80. The van der Waals surface area contributed by atoms with Gasteiger partial charge in [0.1, 0.15) is 5.70 Å². The lowest BCUT2D eigenvalue weighted by atomic mass is 9.87. The van der Waals surface area contributed by atoms with E-state index in [4.69, 9.17) is 0 Å². The van der Waals surface area contributed by atoms with Crippen molar-refractivity contribution in [2.75, 3.05) is 16.3 Å². The minimum Gasteiger partial charge on any atom is -0.337 e. The molecule has 4 rings (SSSR count). The van der Waals surface area contributed by atoms with E-state index in [0.717, 1.165) is 16.8 Å². The van der Waals surface area contributed by atoms with Crippen LogP contribution >= 0.6 is 0 Å². The highest BCUT2D eigenvalue weighted by Crippen LogP contribution is 2.37. The molecule has 0 saturated carbocycles. The third kappa shape index (κ3) is 3.84. The van der Waals surface area contributed by atoms with Crippen LogP contribution in [0, 0.1) is 0 Å². The van der Waals surface area contributed by atoms with Gasteiger partial charge < -0.3 is 4.90 Å². The van der Waals surface area contributed by atoms with Crippen LogP contribution in [0.15, 0.2) is 90.6 Å². The van der Waals surface area contributed by atoms with Crippen LogP contribution < -0.4 is 9.80 Å². The molecule has 4 nitrogen and oxygen atoms in total. The molecule has 32 heavy (non-hydrogen) atoms. The number of likely N-dealkylation sites (N-methyl/N-ethyl adjacent to an activating group) is 1. The molecule has 0 atom stereocenters. The van der Waals surface area contributed by atoms with Crippen LogP contribution in [0.1, 0.15) is 38.8 Å². The van der Waals surface area contributed by atoms with E-state index in [9.17, 15) is 9.59 Å². The van der Waals surface area contributed by atoms with E-state index < -0.39 is 0 Å². The molecule has 162 valence electrons. The highest BCUT2D eigenvalue weighted by Gasteiger charge is 2.42. The Labute approximate surface area is 189 Å². The largest absolute Gasteiger partial charge is 0.337 e. The fraction of sp³-hybridized carbons (Fsp3) is 0.214. The Morgan fingerprint density at radius 2 is 1.31 bits per heavy atom. The van der Waals surface area contributed by atoms with Gasteiger partial charge in [-0.15, -0.1) is 0 Å². The summed E-state index contributed by atoms with van der Waals surface area (Å²) in [6, 6.07) is 26.9. The predicted molar refractivity (Wildman–Crippen MR) is 130 cm³/mol. The zero-order chi connectivity index (χ0) is 22.9. The van der Waals surface area contributed by atoms with E-state index in [1.165, 1.54) is 4.90 Å². The normalized spacial score (nSPS) is 14.3. The standard InChI is InChI=1S/C28H28N2O2/c1-5-29(22-14-10-7-11-15-22)25-24(20-12-8-6-9-13-20)26(31)30(27(25)32)23-18-16-21(17-19-23)28(2,3)4/h6-19H,5H2,1-4H3. The van der Waals surface area contributed by atoms with E-state index in [0.29, 0.717) is 23.5 Å². The molecule has 2 amide bonds. The monoisotopic (exact) mass is 424 g/mol. The molecule has 1 aliphatic rings. The lowest BCUT2D eigenvalue weighted by molar-refractivity contribution is -0.120. The number of rotatable bonds is 5. The molecule has 0 fully saturated rings. The quantitative estimate of drug-likeness (QED) is 0.487. The molecule has 0 radical (unpaired) electrons. The minimum atomic E-state index is -0.303. The van der Waals surface area contributed by atoms with Gasteiger partial charge in [0.15, 0.2) is 0 Å². The number of para-hydroxylation sites is 1. The molecule has 0 bridgehead atoms. The summed E-state index contributed by atoms with van der Waals surface area (Å²) in [6.07, 6.45) is 0. The number of hydrogen-bond acceptors (Lipinski definition) is 3. The van der Waals surface area contributed by atoms with Crippen LogP contribution in [0.5, 0.6) is 0 Å². The molecule has 3 aromatic carbocycles. The second-order valence-electron chi connectivity index (χ2n) is 8.91. The molecule has 0 aliphatic carbocycles. The van der Waals surface area contributed by atoms with Gasteiger partial charge in [-0.3, -0.25) is 9.59 Å². The number of imide groups is 1. The highest BCUT2D eigenvalue weighted by atomic mass is 16.2. The van der Waals surface area contributed by atoms with Crippen molar-refractivity contribution in [2.24, 2.45) is 0 Å². The van der Waals surface area contributed by atoms with Crippen LogP contribution in [-0.4, -0.2) is 18.4 Å². The summed E-state index contributed by atoms with van der Waals surface area (Å²) < 4.78 is 0. The lowest BCUT2D eigenvalue weighted by Gasteiger charge is -2.25. The third-order valence-corrected chi connectivity index (χ3v) is 5.77. The number of nitrogens with zero attached hydrogens (tertiary/aromatic N) is 2. The first-order chi connectivity index (χ1) is 15.3. The Morgan fingerprint density at radius 1 is 0.750 bits per heavy atom. The Balaban J connectivity index is 1.84. The van der Waals surface area contributed by atoms with Crippen molar-refractivity contribution >= 4 is 28.8 Å². The van der Waals surface area contributed by atoms with Gasteiger partial charge in [-0.25, -0.2) is 4.90 Å². The SMILES string of the molecule is CCN(C1=C(c2ccccc2)C(=O)N(c2ccc(C(C)(C)C)cc2)C1=O)c1ccccc1. The van der Waals surface area contributed by atoms with Crippen LogP contribution in [0.4, 0.5) is 11.4 Å². The Kier molecular flexibility index (Phi) is 5.70. The molecule has 0 aromatic heterocycles. The van der Waals surface area contributed by atoms with Crippen LogP contribution in [0.25, 0.3) is 5.57 Å². The second kappa shape index (κ2) is 8.46. The highest BCUT2D eigenvalue weighted by molar-refractivity contribution is 6.46. The molecular formula is C28H28N2O2. The second-order valence-corrected chi connectivity index (χ2v) is 8.91. The van der Waals surface area contributed by atoms with E-state index in [1.807, 2.05) is 96.8 Å². The maximum Gasteiger partial charge on any atom is 0.282 e. The fourth-order valence-corrected chi connectivity index (χ4v) is 4.06. The van der Waals surface area contributed by atoms with Crippen LogP contribution in [-0.2, 0) is 15.0 Å². The molecule has 0 saturated heterocycles. The zero-order valence-electron chi connectivity index (χ0n) is 19.0. The summed E-state index contributed by atoms with van der Waals surface area (Å²) in [6.45, 7) is 8.97. The molecule has 0 N–H and O–H groups in total. The maximum absolute atomic E-state index is 13.8.